The van der Waals surface area contributed by atoms with E-state index in [9.17, 15) is 14.4 Å². The standard InChI is InChI=1S/C16H11ClFNO/c1-10-5-7-11(8-6-10)16(20)13(9-19)12-3-2-4-14(17)15(12)18/h2-8,13H,1H3. The van der Waals surface area contributed by atoms with Gasteiger partial charge in [0.2, 0.25) is 0 Å². The smallest absolute Gasteiger partial charge is 0.184 e. The number of Topliss-reactive ketones (excluding diaryl/α,β-unsaturated/α-hetero) is 1. The van der Waals surface area contributed by atoms with Crippen molar-refractivity contribution in [1.29, 1.82) is 5.26 Å². The maximum atomic E-state index is 13.9. The summed E-state index contributed by atoms with van der Waals surface area (Å²) >= 11 is 5.69. The van der Waals surface area contributed by atoms with Crippen LogP contribution in [0.5, 0.6) is 0 Å². The van der Waals surface area contributed by atoms with E-state index >= 15 is 0 Å². The molecule has 0 saturated heterocycles. The van der Waals surface area contributed by atoms with Gasteiger partial charge in [0.05, 0.1) is 11.1 Å². The van der Waals surface area contributed by atoms with Crippen LogP contribution in [0.15, 0.2) is 42.5 Å². The molecule has 0 N–H and O–H groups in total. The molecule has 2 aromatic rings. The van der Waals surface area contributed by atoms with Gasteiger partial charge in [-0.15, -0.1) is 0 Å². The van der Waals surface area contributed by atoms with E-state index in [1.807, 2.05) is 13.0 Å². The summed E-state index contributed by atoms with van der Waals surface area (Å²) in [5, 5.41) is 9.10. The van der Waals surface area contributed by atoms with Gasteiger partial charge in [0.25, 0.3) is 0 Å². The molecule has 0 aliphatic rings. The zero-order valence-corrected chi connectivity index (χ0v) is 11.5. The molecule has 1 atom stereocenters. The van der Waals surface area contributed by atoms with Crippen molar-refractivity contribution in [3.8, 4) is 6.07 Å². The SMILES string of the molecule is Cc1ccc(C(=O)C(C#N)c2cccc(Cl)c2F)cc1. The number of nitrogens with zero attached hydrogens (tertiary/aromatic N) is 1. The van der Waals surface area contributed by atoms with Gasteiger partial charge in [-0.3, -0.25) is 4.79 Å². The number of benzene rings is 2. The van der Waals surface area contributed by atoms with Crippen LogP contribution < -0.4 is 0 Å². The second kappa shape index (κ2) is 5.85. The molecule has 0 bridgehead atoms. The van der Waals surface area contributed by atoms with Gasteiger partial charge >= 0.3 is 0 Å². The van der Waals surface area contributed by atoms with Crippen molar-refractivity contribution < 1.29 is 9.18 Å². The first kappa shape index (κ1) is 14.2. The van der Waals surface area contributed by atoms with Crippen LogP contribution in [-0.4, -0.2) is 5.78 Å². The number of ketones is 1. The fraction of sp³-hybridized carbons (Fsp3) is 0.125. The van der Waals surface area contributed by atoms with Gasteiger partial charge in [-0.05, 0) is 13.0 Å². The Morgan fingerprint density at radius 1 is 1.25 bits per heavy atom. The summed E-state index contributed by atoms with van der Waals surface area (Å²) < 4.78 is 13.9. The van der Waals surface area contributed by atoms with Crippen LogP contribution in [0.25, 0.3) is 0 Å². The van der Waals surface area contributed by atoms with Gasteiger partial charge in [0.15, 0.2) is 5.78 Å². The molecule has 0 heterocycles. The highest BCUT2D eigenvalue weighted by atomic mass is 35.5. The number of aryl methyl sites for hydroxylation is 1. The van der Waals surface area contributed by atoms with E-state index in [0.717, 1.165) is 5.56 Å². The van der Waals surface area contributed by atoms with E-state index in [-0.39, 0.29) is 10.6 Å². The van der Waals surface area contributed by atoms with Crippen LogP contribution in [0.3, 0.4) is 0 Å². The molecule has 0 fully saturated rings. The van der Waals surface area contributed by atoms with Crippen LogP contribution >= 0.6 is 11.6 Å². The molecule has 100 valence electrons. The molecule has 1 unspecified atom stereocenters. The molecule has 0 spiro atoms. The Balaban J connectivity index is 2.43. The first-order chi connectivity index (χ1) is 9.54. The minimum absolute atomic E-state index is 0.00516. The van der Waals surface area contributed by atoms with Crippen molar-refractivity contribution >= 4 is 17.4 Å². The Labute approximate surface area is 121 Å². The molecule has 2 aromatic carbocycles. The van der Waals surface area contributed by atoms with Gasteiger partial charge in [0, 0.05) is 11.1 Å². The second-order valence-electron chi connectivity index (χ2n) is 4.44. The van der Waals surface area contributed by atoms with Crippen LogP contribution in [0, 0.1) is 24.1 Å². The van der Waals surface area contributed by atoms with Gasteiger partial charge in [-0.25, -0.2) is 4.39 Å². The molecule has 0 aliphatic heterocycles. The highest BCUT2D eigenvalue weighted by Crippen LogP contribution is 2.27. The maximum Gasteiger partial charge on any atom is 0.184 e. The topological polar surface area (TPSA) is 40.9 Å². The molecule has 2 nitrogen and oxygen atoms in total. The van der Waals surface area contributed by atoms with Crippen molar-refractivity contribution in [2.75, 3.05) is 0 Å². The molecule has 0 saturated carbocycles. The van der Waals surface area contributed by atoms with Gasteiger partial charge in [0.1, 0.15) is 11.7 Å². The summed E-state index contributed by atoms with van der Waals surface area (Å²) in [5.74, 6) is -2.36. The number of carbonyl (C=O) groups excluding carboxylic acids is 1. The lowest BCUT2D eigenvalue weighted by molar-refractivity contribution is 0.0977. The van der Waals surface area contributed by atoms with E-state index in [0.29, 0.717) is 5.56 Å². The van der Waals surface area contributed by atoms with Gasteiger partial charge < -0.3 is 0 Å². The molecular formula is C16H11ClFNO. The maximum absolute atomic E-state index is 13.9. The number of hydrogen-bond donors (Lipinski definition) is 0. The number of nitriles is 1. The van der Waals surface area contributed by atoms with Gasteiger partial charge in [-0.2, -0.15) is 5.26 Å². The van der Waals surface area contributed by atoms with Crippen LogP contribution in [0.1, 0.15) is 27.4 Å². The molecule has 4 heteroatoms. The minimum Gasteiger partial charge on any atom is -0.292 e. The predicted octanol–water partition coefficient (Wildman–Crippen LogP) is 4.28. The van der Waals surface area contributed by atoms with E-state index < -0.39 is 17.5 Å². The molecule has 0 aliphatic carbocycles. The minimum atomic E-state index is -1.20. The highest BCUT2D eigenvalue weighted by molar-refractivity contribution is 6.30. The fourth-order valence-electron chi connectivity index (χ4n) is 1.90. The Morgan fingerprint density at radius 3 is 2.50 bits per heavy atom. The number of halogens is 2. The summed E-state index contributed by atoms with van der Waals surface area (Å²) in [6.45, 7) is 1.90. The average Bonchev–Trinajstić information content (AvgIpc) is 2.45. The molecule has 20 heavy (non-hydrogen) atoms. The predicted molar refractivity (Wildman–Crippen MR) is 75.3 cm³/mol. The van der Waals surface area contributed by atoms with E-state index in [4.69, 9.17) is 11.6 Å². The van der Waals surface area contributed by atoms with E-state index in [1.54, 1.807) is 24.3 Å². The molecular weight excluding hydrogens is 277 g/mol. The van der Waals surface area contributed by atoms with Crippen molar-refractivity contribution in [2.45, 2.75) is 12.8 Å². The molecule has 0 amide bonds. The summed E-state index contributed by atoms with van der Waals surface area (Å²) in [4.78, 5) is 12.3. The quantitative estimate of drug-likeness (QED) is 0.791. The molecule has 0 aromatic heterocycles. The third-order valence-electron chi connectivity index (χ3n) is 3.02. The van der Waals surface area contributed by atoms with E-state index in [1.165, 1.54) is 18.2 Å². The third-order valence-corrected chi connectivity index (χ3v) is 3.31. The highest BCUT2D eigenvalue weighted by Gasteiger charge is 2.25. The zero-order valence-electron chi connectivity index (χ0n) is 10.7. The van der Waals surface area contributed by atoms with Crippen LogP contribution in [-0.2, 0) is 0 Å². The van der Waals surface area contributed by atoms with Crippen molar-refractivity contribution in [3.05, 3.63) is 70.0 Å². The molecule has 0 radical (unpaired) electrons. The third kappa shape index (κ3) is 2.71. The summed E-state index contributed by atoms with van der Waals surface area (Å²) in [6.07, 6.45) is 0. The monoisotopic (exact) mass is 287 g/mol. The number of rotatable bonds is 3. The average molecular weight is 288 g/mol. The van der Waals surface area contributed by atoms with Crippen LogP contribution in [0.4, 0.5) is 4.39 Å². The number of hydrogen-bond acceptors (Lipinski definition) is 2. The first-order valence-electron chi connectivity index (χ1n) is 5.99. The lowest BCUT2D eigenvalue weighted by Gasteiger charge is -2.10. The first-order valence-corrected chi connectivity index (χ1v) is 6.37. The molecule has 2 rings (SSSR count). The Bertz CT molecular complexity index is 689. The lowest BCUT2D eigenvalue weighted by atomic mass is 9.91. The zero-order chi connectivity index (χ0) is 14.7. The summed E-state index contributed by atoms with van der Waals surface area (Å²) in [7, 11) is 0. The number of carbonyl (C=O) groups is 1. The Morgan fingerprint density at radius 2 is 1.90 bits per heavy atom. The summed E-state index contributed by atoms with van der Waals surface area (Å²) in [6, 6.07) is 13.0. The van der Waals surface area contributed by atoms with Crippen molar-refractivity contribution in [3.63, 3.8) is 0 Å². The Hall–Kier alpha value is -2.18. The largest absolute Gasteiger partial charge is 0.292 e. The fourth-order valence-corrected chi connectivity index (χ4v) is 2.08. The lowest BCUT2D eigenvalue weighted by Crippen LogP contribution is -2.13. The van der Waals surface area contributed by atoms with Crippen molar-refractivity contribution in [1.82, 2.24) is 0 Å². The van der Waals surface area contributed by atoms with Gasteiger partial charge in [-0.1, -0.05) is 53.6 Å². The van der Waals surface area contributed by atoms with Crippen LogP contribution in [0.2, 0.25) is 5.02 Å². The van der Waals surface area contributed by atoms with E-state index in [2.05, 4.69) is 0 Å². The second-order valence-corrected chi connectivity index (χ2v) is 4.84. The van der Waals surface area contributed by atoms with Crippen molar-refractivity contribution in [2.24, 2.45) is 0 Å². The summed E-state index contributed by atoms with van der Waals surface area (Å²) in [5.41, 5.74) is 1.39. The Kier molecular flexibility index (Phi) is 4.16. The normalized spacial score (nSPS) is 11.7.